The van der Waals surface area contributed by atoms with Crippen molar-refractivity contribution in [3.8, 4) is 0 Å². The highest BCUT2D eigenvalue weighted by Crippen LogP contribution is 2.24. The molecule has 0 radical (unpaired) electrons. The molecule has 25 heavy (non-hydrogen) atoms. The van der Waals surface area contributed by atoms with Gasteiger partial charge in [0.1, 0.15) is 5.65 Å². The largest absolute Gasteiger partial charge is 0.330 e. The van der Waals surface area contributed by atoms with E-state index in [9.17, 15) is 4.79 Å². The molecule has 4 heterocycles. The zero-order chi connectivity index (χ0) is 16.8. The van der Waals surface area contributed by atoms with Crippen LogP contribution >= 0.6 is 0 Å². The minimum absolute atomic E-state index is 0.0158. The van der Waals surface area contributed by atoms with Gasteiger partial charge in [0.15, 0.2) is 0 Å². The van der Waals surface area contributed by atoms with Gasteiger partial charge in [0.2, 0.25) is 0 Å². The number of nitrogens with zero attached hydrogens (tertiary/aromatic N) is 4. The molecule has 0 unspecified atom stereocenters. The van der Waals surface area contributed by atoms with Crippen molar-refractivity contribution >= 4 is 28.0 Å². The zero-order valence-corrected chi connectivity index (χ0v) is 13.4. The van der Waals surface area contributed by atoms with E-state index >= 15 is 0 Å². The van der Waals surface area contributed by atoms with Crippen LogP contribution < -0.4 is 0 Å². The summed E-state index contributed by atoms with van der Waals surface area (Å²) in [5.41, 5.74) is 4.46. The van der Waals surface area contributed by atoms with E-state index in [1.165, 1.54) is 0 Å². The number of carbonyl (C=O) groups is 1. The standard InChI is InChI=1S/C19H15N5O/c25-19(14-4-3-5-16-15(14)10-20-22-16)24-9-7-13(11-24)17-12-23-8-2-1-6-18(23)21-17/h1-8,10,12H,9,11H2,(H,20,22). The first-order chi connectivity index (χ1) is 12.3. The van der Waals surface area contributed by atoms with Gasteiger partial charge in [-0.25, -0.2) is 4.98 Å². The van der Waals surface area contributed by atoms with Crippen molar-refractivity contribution in [2.75, 3.05) is 13.1 Å². The third kappa shape index (κ3) is 2.22. The Kier molecular flexibility index (Phi) is 2.97. The van der Waals surface area contributed by atoms with Crippen molar-refractivity contribution in [2.45, 2.75) is 0 Å². The fourth-order valence-electron chi connectivity index (χ4n) is 3.31. The van der Waals surface area contributed by atoms with Crippen molar-refractivity contribution in [1.29, 1.82) is 0 Å². The third-order valence-corrected chi connectivity index (χ3v) is 4.61. The fourth-order valence-corrected chi connectivity index (χ4v) is 3.31. The lowest BCUT2D eigenvalue weighted by Gasteiger charge is -2.16. The quantitative estimate of drug-likeness (QED) is 0.615. The van der Waals surface area contributed by atoms with Gasteiger partial charge < -0.3 is 9.30 Å². The Hall–Kier alpha value is -3.41. The lowest BCUT2D eigenvalue weighted by molar-refractivity contribution is 0.0803. The molecule has 0 aliphatic carbocycles. The predicted octanol–water partition coefficient (Wildman–Crippen LogP) is 2.75. The number of imidazole rings is 1. The van der Waals surface area contributed by atoms with Crippen molar-refractivity contribution in [2.24, 2.45) is 0 Å². The van der Waals surface area contributed by atoms with Crippen LogP contribution in [0, 0.1) is 0 Å². The van der Waals surface area contributed by atoms with E-state index in [1.54, 1.807) is 6.20 Å². The summed E-state index contributed by atoms with van der Waals surface area (Å²) in [4.78, 5) is 19.4. The van der Waals surface area contributed by atoms with Gasteiger partial charge in [-0.3, -0.25) is 9.89 Å². The van der Waals surface area contributed by atoms with Crippen molar-refractivity contribution < 1.29 is 4.79 Å². The van der Waals surface area contributed by atoms with Crippen LogP contribution in [0.4, 0.5) is 0 Å². The first-order valence-corrected chi connectivity index (χ1v) is 8.14. The Morgan fingerprint density at radius 1 is 1.16 bits per heavy atom. The van der Waals surface area contributed by atoms with Crippen LogP contribution in [-0.2, 0) is 0 Å². The summed E-state index contributed by atoms with van der Waals surface area (Å²) in [6.45, 7) is 1.16. The topological polar surface area (TPSA) is 66.3 Å². The van der Waals surface area contributed by atoms with E-state index in [1.807, 2.05) is 58.1 Å². The summed E-state index contributed by atoms with van der Waals surface area (Å²) in [5.74, 6) is 0.0158. The molecule has 1 aliphatic heterocycles. The lowest BCUT2D eigenvalue weighted by atomic mass is 10.1. The number of hydrogen-bond acceptors (Lipinski definition) is 3. The Balaban J connectivity index is 1.42. The number of benzene rings is 1. The molecule has 122 valence electrons. The van der Waals surface area contributed by atoms with Crippen LogP contribution in [0.1, 0.15) is 16.1 Å². The minimum Gasteiger partial charge on any atom is -0.330 e. The maximum atomic E-state index is 12.9. The van der Waals surface area contributed by atoms with Crippen LogP contribution in [-0.4, -0.2) is 43.5 Å². The predicted molar refractivity (Wildman–Crippen MR) is 95.2 cm³/mol. The summed E-state index contributed by atoms with van der Waals surface area (Å²) in [7, 11) is 0. The van der Waals surface area contributed by atoms with Crippen molar-refractivity contribution in [3.05, 3.63) is 72.3 Å². The highest BCUT2D eigenvalue weighted by molar-refractivity contribution is 6.06. The molecule has 0 saturated carbocycles. The molecule has 0 spiro atoms. The van der Waals surface area contributed by atoms with Gasteiger partial charge in [0.05, 0.1) is 23.0 Å². The van der Waals surface area contributed by atoms with E-state index < -0.39 is 0 Å². The molecule has 6 heteroatoms. The molecule has 4 aromatic rings. The maximum absolute atomic E-state index is 12.9. The van der Waals surface area contributed by atoms with Crippen LogP contribution in [0.2, 0.25) is 0 Å². The number of nitrogens with one attached hydrogen (secondary N) is 1. The number of amides is 1. The number of H-pyrrole nitrogens is 1. The number of rotatable bonds is 2. The molecule has 0 saturated heterocycles. The van der Waals surface area contributed by atoms with E-state index in [2.05, 4.69) is 21.3 Å². The summed E-state index contributed by atoms with van der Waals surface area (Å²) in [6, 6.07) is 11.6. The number of aromatic amines is 1. The summed E-state index contributed by atoms with van der Waals surface area (Å²) in [6.07, 6.45) is 7.76. The van der Waals surface area contributed by atoms with E-state index in [0.29, 0.717) is 18.7 Å². The van der Waals surface area contributed by atoms with E-state index in [-0.39, 0.29) is 5.91 Å². The molecule has 0 atom stereocenters. The summed E-state index contributed by atoms with van der Waals surface area (Å²) in [5, 5.41) is 7.80. The smallest absolute Gasteiger partial charge is 0.255 e. The Morgan fingerprint density at radius 2 is 2.12 bits per heavy atom. The fraction of sp³-hybridized carbons (Fsp3) is 0.105. The zero-order valence-electron chi connectivity index (χ0n) is 13.4. The van der Waals surface area contributed by atoms with Gasteiger partial charge in [-0.05, 0) is 29.8 Å². The van der Waals surface area contributed by atoms with Crippen LogP contribution in [0.25, 0.3) is 22.1 Å². The average Bonchev–Trinajstić information content (AvgIpc) is 3.38. The maximum Gasteiger partial charge on any atom is 0.255 e. The highest BCUT2D eigenvalue weighted by atomic mass is 16.2. The number of aromatic nitrogens is 4. The number of hydrogen-bond donors (Lipinski definition) is 1. The number of pyridine rings is 1. The second-order valence-corrected chi connectivity index (χ2v) is 6.14. The molecule has 1 N–H and O–H groups in total. The third-order valence-electron chi connectivity index (χ3n) is 4.61. The molecular weight excluding hydrogens is 314 g/mol. The first-order valence-electron chi connectivity index (χ1n) is 8.14. The number of carbonyl (C=O) groups excluding carboxylic acids is 1. The molecule has 0 bridgehead atoms. The van der Waals surface area contributed by atoms with E-state index in [0.717, 1.165) is 27.8 Å². The molecule has 0 fully saturated rings. The van der Waals surface area contributed by atoms with Gasteiger partial charge in [-0.15, -0.1) is 0 Å². The number of fused-ring (bicyclic) bond motifs is 2. The minimum atomic E-state index is 0.0158. The SMILES string of the molecule is O=C(c1cccc2[nH]ncc12)N1CC=C(c2cn3ccccc3n2)C1. The Bertz CT molecular complexity index is 1100. The average molecular weight is 329 g/mol. The van der Waals surface area contributed by atoms with Gasteiger partial charge in [0.25, 0.3) is 5.91 Å². The van der Waals surface area contributed by atoms with Crippen molar-refractivity contribution in [1.82, 2.24) is 24.5 Å². The molecule has 1 aromatic carbocycles. The molecule has 3 aromatic heterocycles. The van der Waals surface area contributed by atoms with Gasteiger partial charge in [-0.2, -0.15) is 5.10 Å². The first kappa shape index (κ1) is 14.0. The van der Waals surface area contributed by atoms with Gasteiger partial charge in [-0.1, -0.05) is 18.2 Å². The highest BCUT2D eigenvalue weighted by Gasteiger charge is 2.24. The van der Waals surface area contributed by atoms with Crippen LogP contribution in [0.5, 0.6) is 0 Å². The van der Waals surface area contributed by atoms with Gasteiger partial charge in [0, 0.05) is 30.9 Å². The molecule has 1 aliphatic rings. The van der Waals surface area contributed by atoms with Crippen molar-refractivity contribution in [3.63, 3.8) is 0 Å². The van der Waals surface area contributed by atoms with Gasteiger partial charge >= 0.3 is 0 Å². The Labute approximate surface area is 143 Å². The van der Waals surface area contributed by atoms with Crippen LogP contribution in [0.3, 0.4) is 0 Å². The molecule has 5 rings (SSSR count). The molecule has 6 nitrogen and oxygen atoms in total. The molecule has 1 amide bonds. The summed E-state index contributed by atoms with van der Waals surface area (Å²) >= 11 is 0. The van der Waals surface area contributed by atoms with E-state index in [4.69, 9.17) is 0 Å². The van der Waals surface area contributed by atoms with Crippen LogP contribution in [0.15, 0.2) is 61.1 Å². The summed E-state index contributed by atoms with van der Waals surface area (Å²) < 4.78 is 1.99. The second kappa shape index (κ2) is 5.31. The lowest BCUT2D eigenvalue weighted by Crippen LogP contribution is -2.28. The normalized spacial score (nSPS) is 14.4. The Morgan fingerprint density at radius 3 is 3.04 bits per heavy atom. The second-order valence-electron chi connectivity index (χ2n) is 6.14. The molecular formula is C19H15N5O. The monoisotopic (exact) mass is 329 g/mol.